The van der Waals surface area contributed by atoms with Gasteiger partial charge in [0.15, 0.2) is 5.69 Å². The maximum Gasteiger partial charge on any atom is 0.272 e. The first kappa shape index (κ1) is 25.6. The number of hydrogen-bond donors (Lipinski definition) is 3. The first-order chi connectivity index (χ1) is 18.9. The molecular formula is C28H21ClFN7O2. The molecule has 0 spiro atoms. The van der Waals surface area contributed by atoms with Gasteiger partial charge in [0, 0.05) is 17.8 Å². The maximum absolute atomic E-state index is 14.3. The fourth-order valence-electron chi connectivity index (χ4n) is 3.83. The molecular weight excluding hydrogens is 521 g/mol. The summed E-state index contributed by atoms with van der Waals surface area (Å²) in [6.07, 6.45) is 1.46. The Labute approximate surface area is 227 Å². The molecule has 2 amide bonds. The summed E-state index contributed by atoms with van der Waals surface area (Å²) in [5.41, 5.74) is 7.53. The third kappa shape index (κ3) is 5.76. The van der Waals surface area contributed by atoms with E-state index in [2.05, 4.69) is 25.7 Å². The minimum Gasteiger partial charge on any atom is -0.384 e. The Balaban J connectivity index is 1.43. The number of nitrogens with one attached hydrogen (secondary N) is 2. The molecule has 5 rings (SSSR count). The Hall–Kier alpha value is -5.09. The van der Waals surface area contributed by atoms with Crippen LogP contribution in [0.3, 0.4) is 0 Å². The molecule has 0 bridgehead atoms. The highest BCUT2D eigenvalue weighted by atomic mass is 35.5. The summed E-state index contributed by atoms with van der Waals surface area (Å²) < 4.78 is 15.7. The van der Waals surface area contributed by atoms with Gasteiger partial charge in [0.1, 0.15) is 23.1 Å². The second kappa shape index (κ2) is 11.1. The van der Waals surface area contributed by atoms with Crippen LogP contribution in [-0.2, 0) is 6.54 Å². The largest absolute Gasteiger partial charge is 0.384 e. The lowest BCUT2D eigenvalue weighted by Crippen LogP contribution is -2.24. The number of nitrogens with zero attached hydrogens (tertiary/aromatic N) is 4. The molecule has 4 N–H and O–H groups in total. The number of benzene rings is 2. The molecule has 2 aromatic carbocycles. The summed E-state index contributed by atoms with van der Waals surface area (Å²) in [5, 5.41) is 10.1. The fourth-order valence-corrected chi connectivity index (χ4v) is 4.04. The van der Waals surface area contributed by atoms with E-state index in [4.69, 9.17) is 17.3 Å². The molecule has 3 heterocycles. The number of nitrogens with two attached hydrogens (primary N) is 1. The van der Waals surface area contributed by atoms with Crippen molar-refractivity contribution in [2.45, 2.75) is 6.54 Å². The van der Waals surface area contributed by atoms with Gasteiger partial charge in [-0.15, -0.1) is 0 Å². The first-order valence-corrected chi connectivity index (χ1v) is 12.1. The van der Waals surface area contributed by atoms with Gasteiger partial charge in [0.2, 0.25) is 0 Å². The normalized spacial score (nSPS) is 10.7. The number of nitrogen functional groups attached to an aromatic ring is 1. The molecule has 0 unspecified atom stereocenters. The first-order valence-electron chi connectivity index (χ1n) is 11.8. The van der Waals surface area contributed by atoms with E-state index >= 15 is 0 Å². The minimum atomic E-state index is -0.578. The fraction of sp³-hybridized carbons (Fsp3) is 0.0357. The van der Waals surface area contributed by atoms with Crippen LogP contribution < -0.4 is 16.4 Å². The number of amides is 2. The summed E-state index contributed by atoms with van der Waals surface area (Å²) in [4.78, 5) is 34.5. The van der Waals surface area contributed by atoms with Crippen LogP contribution in [0.1, 0.15) is 26.5 Å². The third-order valence-corrected chi connectivity index (χ3v) is 6.02. The van der Waals surface area contributed by atoms with Crippen LogP contribution in [0.2, 0.25) is 5.02 Å². The topological polar surface area (TPSA) is 128 Å². The number of halogens is 2. The number of hydrogen-bond acceptors (Lipinski definition) is 6. The second-order valence-corrected chi connectivity index (χ2v) is 8.79. The lowest BCUT2D eigenvalue weighted by molar-refractivity contribution is 0.0944. The molecule has 0 fully saturated rings. The van der Waals surface area contributed by atoms with Crippen molar-refractivity contribution in [1.29, 1.82) is 0 Å². The molecule has 39 heavy (non-hydrogen) atoms. The SMILES string of the molecule is Nc1cccc(CNC(=O)c2cc(NC(=O)c3cc(-c4ncccc4F)ccc3Cl)n(-c3ccccc3)n2)n1. The van der Waals surface area contributed by atoms with Crippen molar-refractivity contribution in [2.75, 3.05) is 11.1 Å². The molecule has 194 valence electrons. The Morgan fingerprint density at radius 2 is 1.77 bits per heavy atom. The van der Waals surface area contributed by atoms with Gasteiger partial charge in [0.25, 0.3) is 11.8 Å². The van der Waals surface area contributed by atoms with Crippen LogP contribution in [0.5, 0.6) is 0 Å². The molecule has 0 aliphatic carbocycles. The van der Waals surface area contributed by atoms with Crippen LogP contribution in [-0.4, -0.2) is 31.6 Å². The quantitative estimate of drug-likeness (QED) is 0.269. The molecule has 11 heteroatoms. The second-order valence-electron chi connectivity index (χ2n) is 8.38. The predicted octanol–water partition coefficient (Wildman–Crippen LogP) is 4.89. The van der Waals surface area contributed by atoms with E-state index in [1.807, 2.05) is 6.07 Å². The monoisotopic (exact) mass is 541 g/mol. The average Bonchev–Trinajstić information content (AvgIpc) is 3.36. The van der Waals surface area contributed by atoms with Crippen LogP contribution in [0.15, 0.2) is 91.1 Å². The highest BCUT2D eigenvalue weighted by molar-refractivity contribution is 6.34. The van der Waals surface area contributed by atoms with Gasteiger partial charge in [-0.25, -0.2) is 14.1 Å². The number of anilines is 2. The van der Waals surface area contributed by atoms with E-state index in [0.29, 0.717) is 22.8 Å². The van der Waals surface area contributed by atoms with E-state index < -0.39 is 17.6 Å². The highest BCUT2D eigenvalue weighted by Gasteiger charge is 2.20. The van der Waals surface area contributed by atoms with E-state index in [0.717, 1.165) is 0 Å². The average molecular weight is 542 g/mol. The molecule has 0 aliphatic heterocycles. The zero-order chi connectivity index (χ0) is 27.4. The standard InChI is InChI=1S/C28H21ClFN7O2/c29-21-12-11-17(26-22(30)9-5-13-32-26)14-20(21)27(38)35-25-15-23(36-37(25)19-7-2-1-3-8-19)28(39)33-16-18-6-4-10-24(31)34-18/h1-15H,16H2,(H2,31,34)(H,33,39)(H,35,38). The Kier molecular flexibility index (Phi) is 7.28. The van der Waals surface area contributed by atoms with Crippen molar-refractivity contribution in [3.8, 4) is 16.9 Å². The van der Waals surface area contributed by atoms with E-state index in [1.54, 1.807) is 48.5 Å². The van der Waals surface area contributed by atoms with Gasteiger partial charge < -0.3 is 16.4 Å². The van der Waals surface area contributed by atoms with E-state index in [9.17, 15) is 14.0 Å². The third-order valence-electron chi connectivity index (χ3n) is 5.69. The lowest BCUT2D eigenvalue weighted by Gasteiger charge is -2.11. The van der Waals surface area contributed by atoms with Gasteiger partial charge in [0.05, 0.1) is 28.5 Å². The van der Waals surface area contributed by atoms with Gasteiger partial charge in [-0.2, -0.15) is 5.10 Å². The maximum atomic E-state index is 14.3. The predicted molar refractivity (Wildman–Crippen MR) is 146 cm³/mol. The smallest absolute Gasteiger partial charge is 0.272 e. The Morgan fingerprint density at radius 3 is 2.54 bits per heavy atom. The molecule has 0 saturated heterocycles. The summed E-state index contributed by atoms with van der Waals surface area (Å²) >= 11 is 6.33. The number of aromatic nitrogens is 4. The molecule has 0 aliphatic rings. The van der Waals surface area contributed by atoms with Gasteiger partial charge in [-0.05, 0) is 48.5 Å². The molecule has 0 radical (unpaired) electrons. The summed E-state index contributed by atoms with van der Waals surface area (Å²) in [5.74, 6) is -1.02. The Morgan fingerprint density at radius 1 is 0.949 bits per heavy atom. The van der Waals surface area contributed by atoms with Crippen molar-refractivity contribution >= 4 is 35.1 Å². The van der Waals surface area contributed by atoms with Crippen molar-refractivity contribution < 1.29 is 14.0 Å². The Bertz CT molecular complexity index is 1670. The number of carbonyl (C=O) groups excluding carboxylic acids is 2. The van der Waals surface area contributed by atoms with Crippen molar-refractivity contribution in [1.82, 2.24) is 25.1 Å². The van der Waals surface area contributed by atoms with Crippen LogP contribution in [0.4, 0.5) is 16.0 Å². The van der Waals surface area contributed by atoms with Crippen LogP contribution in [0.25, 0.3) is 16.9 Å². The molecule has 9 nitrogen and oxygen atoms in total. The minimum absolute atomic E-state index is 0.0634. The highest BCUT2D eigenvalue weighted by Crippen LogP contribution is 2.27. The molecule has 0 saturated carbocycles. The number of para-hydroxylation sites is 1. The number of pyridine rings is 2. The summed E-state index contributed by atoms with van der Waals surface area (Å²) in [6.45, 7) is 0.135. The van der Waals surface area contributed by atoms with Gasteiger partial charge >= 0.3 is 0 Å². The zero-order valence-electron chi connectivity index (χ0n) is 20.3. The van der Waals surface area contributed by atoms with Crippen molar-refractivity contribution in [3.05, 3.63) is 119 Å². The van der Waals surface area contributed by atoms with Crippen molar-refractivity contribution in [2.24, 2.45) is 0 Å². The zero-order valence-corrected chi connectivity index (χ0v) is 21.1. The summed E-state index contributed by atoms with van der Waals surface area (Å²) in [6, 6.07) is 22.9. The number of rotatable bonds is 7. The molecule has 0 atom stereocenters. The lowest BCUT2D eigenvalue weighted by atomic mass is 10.1. The summed E-state index contributed by atoms with van der Waals surface area (Å²) in [7, 11) is 0. The van der Waals surface area contributed by atoms with E-state index in [1.165, 1.54) is 41.2 Å². The van der Waals surface area contributed by atoms with Crippen LogP contribution in [0, 0.1) is 5.82 Å². The van der Waals surface area contributed by atoms with Crippen LogP contribution >= 0.6 is 11.6 Å². The van der Waals surface area contributed by atoms with E-state index in [-0.39, 0.29) is 34.3 Å². The molecule has 3 aromatic heterocycles. The van der Waals surface area contributed by atoms with Gasteiger partial charge in [-0.1, -0.05) is 41.9 Å². The van der Waals surface area contributed by atoms with Gasteiger partial charge in [-0.3, -0.25) is 14.6 Å². The number of carbonyl (C=O) groups is 2. The van der Waals surface area contributed by atoms with Crippen molar-refractivity contribution in [3.63, 3.8) is 0 Å². The molecule has 5 aromatic rings.